The third kappa shape index (κ3) is 2.54. The fourth-order valence-electron chi connectivity index (χ4n) is 1.84. The van der Waals surface area contributed by atoms with E-state index in [2.05, 4.69) is 18.8 Å². The molecule has 1 aromatic carbocycles. The highest BCUT2D eigenvalue weighted by Crippen LogP contribution is 2.34. The number of hydrogen-bond acceptors (Lipinski definition) is 3. The summed E-state index contributed by atoms with van der Waals surface area (Å²) < 4.78 is 0. The maximum absolute atomic E-state index is 6.23. The molecule has 5 heteroatoms. The van der Waals surface area contributed by atoms with Crippen molar-refractivity contribution in [2.45, 2.75) is 26.3 Å². The zero-order valence-corrected chi connectivity index (χ0v) is 12.5. The van der Waals surface area contributed by atoms with Gasteiger partial charge in [0.25, 0.3) is 0 Å². The van der Waals surface area contributed by atoms with Crippen molar-refractivity contribution in [3.63, 3.8) is 0 Å². The highest BCUT2D eigenvalue weighted by Gasteiger charge is 2.20. The van der Waals surface area contributed by atoms with E-state index in [9.17, 15) is 0 Å². The first-order chi connectivity index (χ1) is 8.54. The van der Waals surface area contributed by atoms with Gasteiger partial charge >= 0.3 is 0 Å². The first kappa shape index (κ1) is 13.8. The minimum Gasteiger partial charge on any atom is -0.318 e. The van der Waals surface area contributed by atoms with Crippen LogP contribution in [0.5, 0.6) is 0 Å². The van der Waals surface area contributed by atoms with Gasteiger partial charge in [0.1, 0.15) is 5.01 Å². The van der Waals surface area contributed by atoms with Crippen LogP contribution < -0.4 is 5.73 Å². The zero-order valence-electron chi connectivity index (χ0n) is 10.2. The molecule has 2 N–H and O–H groups in total. The van der Waals surface area contributed by atoms with Crippen LogP contribution in [0.25, 0.3) is 0 Å². The minimum absolute atomic E-state index is 0.366. The van der Waals surface area contributed by atoms with Crippen LogP contribution in [0, 0.1) is 6.92 Å². The summed E-state index contributed by atoms with van der Waals surface area (Å²) in [5.74, 6) is 0. The first-order valence-corrected chi connectivity index (χ1v) is 7.27. The Balaban J connectivity index is 2.44. The van der Waals surface area contributed by atoms with Crippen molar-refractivity contribution in [3.05, 3.63) is 49.4 Å². The summed E-state index contributed by atoms with van der Waals surface area (Å²) in [7, 11) is 0. The van der Waals surface area contributed by atoms with E-state index in [4.69, 9.17) is 28.9 Å². The second kappa shape index (κ2) is 5.57. The molecule has 2 nitrogen and oxygen atoms in total. The van der Waals surface area contributed by atoms with Crippen LogP contribution in [-0.2, 0) is 6.42 Å². The monoisotopic (exact) mass is 300 g/mol. The molecule has 1 aromatic heterocycles. The molecule has 18 heavy (non-hydrogen) atoms. The SMILES string of the molecule is CCc1nc(C(N)c2c(Cl)cccc2Cl)sc1C. The third-order valence-corrected chi connectivity index (χ3v) is 4.58. The summed E-state index contributed by atoms with van der Waals surface area (Å²) in [5, 5.41) is 2.03. The molecule has 2 aromatic rings. The van der Waals surface area contributed by atoms with E-state index in [1.807, 2.05) is 6.07 Å². The Labute approximate surface area is 121 Å². The van der Waals surface area contributed by atoms with Gasteiger partial charge in [0, 0.05) is 20.5 Å². The Morgan fingerprint density at radius 3 is 2.44 bits per heavy atom. The highest BCUT2D eigenvalue weighted by atomic mass is 35.5. The van der Waals surface area contributed by atoms with E-state index in [0.29, 0.717) is 10.0 Å². The smallest absolute Gasteiger partial charge is 0.115 e. The summed E-state index contributed by atoms with van der Waals surface area (Å²) in [6.45, 7) is 4.14. The maximum Gasteiger partial charge on any atom is 0.115 e. The van der Waals surface area contributed by atoms with Crippen molar-refractivity contribution in [3.8, 4) is 0 Å². The molecular formula is C13H14Cl2N2S. The van der Waals surface area contributed by atoms with Crippen molar-refractivity contribution in [1.29, 1.82) is 0 Å². The van der Waals surface area contributed by atoms with Crippen LogP contribution in [-0.4, -0.2) is 4.98 Å². The number of hydrogen-bond donors (Lipinski definition) is 1. The summed E-state index contributed by atoms with van der Waals surface area (Å²) in [6, 6.07) is 5.04. The van der Waals surface area contributed by atoms with Gasteiger partial charge in [-0.2, -0.15) is 0 Å². The Bertz CT molecular complexity index is 546. The van der Waals surface area contributed by atoms with Crippen molar-refractivity contribution < 1.29 is 0 Å². The molecule has 0 radical (unpaired) electrons. The van der Waals surface area contributed by atoms with Crippen molar-refractivity contribution >= 4 is 34.5 Å². The van der Waals surface area contributed by atoms with Crippen LogP contribution >= 0.6 is 34.5 Å². The molecule has 1 heterocycles. The van der Waals surface area contributed by atoms with Gasteiger partial charge in [-0.05, 0) is 25.5 Å². The zero-order chi connectivity index (χ0) is 13.3. The number of halogens is 2. The van der Waals surface area contributed by atoms with Crippen LogP contribution in [0.2, 0.25) is 10.0 Å². The fraction of sp³-hybridized carbons (Fsp3) is 0.308. The number of aryl methyl sites for hydroxylation is 2. The predicted molar refractivity (Wildman–Crippen MR) is 78.7 cm³/mol. The molecule has 1 atom stereocenters. The summed E-state index contributed by atoms with van der Waals surface area (Å²) in [4.78, 5) is 5.76. The van der Waals surface area contributed by atoms with Gasteiger partial charge < -0.3 is 5.73 Å². The minimum atomic E-state index is -0.366. The Morgan fingerprint density at radius 2 is 1.94 bits per heavy atom. The topological polar surface area (TPSA) is 38.9 Å². The molecule has 0 bridgehead atoms. The van der Waals surface area contributed by atoms with Crippen LogP contribution in [0.4, 0.5) is 0 Å². The first-order valence-electron chi connectivity index (χ1n) is 5.70. The van der Waals surface area contributed by atoms with Crippen LogP contribution in [0.1, 0.15) is 34.1 Å². The van der Waals surface area contributed by atoms with E-state index in [1.165, 1.54) is 4.88 Å². The largest absolute Gasteiger partial charge is 0.318 e. The van der Waals surface area contributed by atoms with Gasteiger partial charge in [-0.25, -0.2) is 4.98 Å². The molecule has 96 valence electrons. The van der Waals surface area contributed by atoms with E-state index >= 15 is 0 Å². The predicted octanol–water partition coefficient (Wildman–Crippen LogP) is 4.37. The molecule has 0 fully saturated rings. The number of nitrogens with zero attached hydrogens (tertiary/aromatic N) is 1. The number of benzene rings is 1. The van der Waals surface area contributed by atoms with Crippen molar-refractivity contribution in [2.75, 3.05) is 0 Å². The van der Waals surface area contributed by atoms with E-state index in [0.717, 1.165) is 22.7 Å². The quantitative estimate of drug-likeness (QED) is 0.914. The van der Waals surface area contributed by atoms with E-state index in [-0.39, 0.29) is 6.04 Å². The lowest BCUT2D eigenvalue weighted by atomic mass is 10.1. The molecule has 1 unspecified atom stereocenters. The number of rotatable bonds is 3. The summed E-state index contributed by atoms with van der Waals surface area (Å²) >= 11 is 13.9. The molecule has 0 saturated carbocycles. The van der Waals surface area contributed by atoms with Crippen molar-refractivity contribution in [1.82, 2.24) is 4.98 Å². The van der Waals surface area contributed by atoms with Gasteiger partial charge in [0.2, 0.25) is 0 Å². The Hall–Kier alpha value is -0.610. The lowest BCUT2D eigenvalue weighted by Crippen LogP contribution is -2.12. The average molecular weight is 301 g/mol. The number of thiazole rings is 1. The molecule has 0 aliphatic heterocycles. The molecular weight excluding hydrogens is 287 g/mol. The number of nitrogens with two attached hydrogens (primary N) is 1. The molecule has 0 aliphatic rings. The van der Waals surface area contributed by atoms with E-state index < -0.39 is 0 Å². The maximum atomic E-state index is 6.23. The molecule has 0 saturated heterocycles. The lowest BCUT2D eigenvalue weighted by molar-refractivity contribution is 0.845. The van der Waals surface area contributed by atoms with Crippen LogP contribution in [0.3, 0.4) is 0 Å². The second-order valence-corrected chi connectivity index (χ2v) is 6.07. The van der Waals surface area contributed by atoms with Gasteiger partial charge in [-0.1, -0.05) is 36.2 Å². The molecule has 0 aliphatic carbocycles. The second-order valence-electron chi connectivity index (χ2n) is 4.02. The average Bonchev–Trinajstić information content (AvgIpc) is 2.70. The van der Waals surface area contributed by atoms with Crippen LogP contribution in [0.15, 0.2) is 18.2 Å². The summed E-state index contributed by atoms with van der Waals surface area (Å²) in [5.41, 5.74) is 8.07. The Morgan fingerprint density at radius 1 is 1.33 bits per heavy atom. The molecule has 0 amide bonds. The van der Waals surface area contributed by atoms with Crippen molar-refractivity contribution in [2.24, 2.45) is 5.73 Å². The standard InChI is InChI=1S/C13H14Cl2N2S/c1-3-10-7(2)18-13(17-10)12(16)11-8(14)5-4-6-9(11)15/h4-6,12H,3,16H2,1-2H3. The third-order valence-electron chi connectivity index (χ3n) is 2.82. The van der Waals surface area contributed by atoms with Gasteiger partial charge in [-0.3, -0.25) is 0 Å². The normalized spacial score (nSPS) is 12.7. The number of aromatic nitrogens is 1. The Kier molecular flexibility index (Phi) is 4.28. The molecule has 2 rings (SSSR count). The highest BCUT2D eigenvalue weighted by molar-refractivity contribution is 7.11. The van der Waals surface area contributed by atoms with Gasteiger partial charge in [-0.15, -0.1) is 11.3 Å². The lowest BCUT2D eigenvalue weighted by Gasteiger charge is -2.12. The van der Waals surface area contributed by atoms with Gasteiger partial charge in [0.15, 0.2) is 0 Å². The summed E-state index contributed by atoms with van der Waals surface area (Å²) in [6.07, 6.45) is 0.908. The van der Waals surface area contributed by atoms with Gasteiger partial charge in [0.05, 0.1) is 11.7 Å². The van der Waals surface area contributed by atoms with E-state index in [1.54, 1.807) is 23.5 Å². The fourth-order valence-corrected chi connectivity index (χ4v) is 3.50. The molecule has 0 spiro atoms.